The molecule has 0 bridgehead atoms. The zero-order valence-electron chi connectivity index (χ0n) is 19.1. The molecule has 1 heterocycles. The molecule has 2 N–H and O–H groups in total. The normalized spacial score (nSPS) is 14.3. The summed E-state index contributed by atoms with van der Waals surface area (Å²) in [7, 11) is 0.795. The highest BCUT2D eigenvalue weighted by atomic mass is 35.5. The van der Waals surface area contributed by atoms with E-state index in [0.29, 0.717) is 23.6 Å². The molecule has 2 unspecified atom stereocenters. The Morgan fingerprint density at radius 2 is 1.86 bits per heavy atom. The van der Waals surface area contributed by atoms with Crippen molar-refractivity contribution in [2.24, 2.45) is 0 Å². The maximum atomic E-state index is 13.6. The van der Waals surface area contributed by atoms with Crippen molar-refractivity contribution in [3.05, 3.63) is 68.8 Å². The monoisotopic (exact) mass is 512 g/mol. The minimum atomic E-state index is -4.94. The van der Waals surface area contributed by atoms with E-state index >= 15 is 0 Å². The van der Waals surface area contributed by atoms with Gasteiger partial charge in [0.1, 0.15) is 11.6 Å². The fourth-order valence-corrected chi connectivity index (χ4v) is 3.38. The fourth-order valence-electron chi connectivity index (χ4n) is 3.17. The van der Waals surface area contributed by atoms with Crippen molar-refractivity contribution in [2.75, 3.05) is 7.11 Å². The maximum Gasteiger partial charge on any atom is 0.426 e. The van der Waals surface area contributed by atoms with Crippen LogP contribution >= 0.6 is 11.6 Å². The highest BCUT2D eigenvalue weighted by Crippen LogP contribution is 2.34. The number of aromatic nitrogens is 3. The van der Waals surface area contributed by atoms with Crippen molar-refractivity contribution >= 4 is 17.5 Å². The summed E-state index contributed by atoms with van der Waals surface area (Å²) in [5.41, 5.74) is -2.42. The summed E-state index contributed by atoms with van der Waals surface area (Å²) in [4.78, 5) is 35.2. The molecule has 0 saturated heterocycles. The van der Waals surface area contributed by atoms with Crippen LogP contribution in [0.4, 0.5) is 17.6 Å². The molecule has 0 radical (unpaired) electrons. The smallest absolute Gasteiger partial charge is 0.361 e. The Morgan fingerprint density at radius 1 is 1.17 bits per heavy atom. The third kappa shape index (κ3) is 5.35. The second-order valence-corrected chi connectivity index (χ2v) is 8.37. The predicted molar refractivity (Wildman–Crippen MR) is 121 cm³/mol. The number of nitrogens with zero attached hydrogens (tertiary/aromatic N) is 2. The number of methoxy groups -OCH3 is 1. The van der Waals surface area contributed by atoms with Gasteiger partial charge in [0, 0.05) is 18.2 Å². The predicted octanol–water partition coefficient (Wildman–Crippen LogP) is 4.74. The van der Waals surface area contributed by atoms with Crippen molar-refractivity contribution < 1.29 is 27.1 Å². The van der Waals surface area contributed by atoms with Gasteiger partial charge in [-0.1, -0.05) is 17.7 Å². The van der Waals surface area contributed by atoms with Crippen molar-refractivity contribution in [1.29, 1.82) is 0 Å². The van der Waals surface area contributed by atoms with E-state index in [4.69, 9.17) is 11.6 Å². The second-order valence-electron chi connectivity index (χ2n) is 7.96. The van der Waals surface area contributed by atoms with Crippen LogP contribution in [0, 0.1) is 12.7 Å². The van der Waals surface area contributed by atoms with E-state index in [1.807, 2.05) is 0 Å². The molecule has 3 aromatic rings. The first-order valence-corrected chi connectivity index (χ1v) is 10.6. The van der Waals surface area contributed by atoms with Crippen molar-refractivity contribution in [2.45, 2.75) is 38.6 Å². The quantitative estimate of drug-likeness (QED) is 0.465. The van der Waals surface area contributed by atoms with Gasteiger partial charge in [0.25, 0.3) is 5.91 Å². The standard InChI is InChI=1S/C23H21ClF4N4O3/c1-11-9-14(6-8-17(11)25)18-30-19(32-21(34)31-18)15-10-13(5-7-16(15)24)12(2)29-20(33)22(3,35-4)23(26,27)28/h5-10,12H,1-4H3,(H,29,33)(H,30,31,32,34). The number of aromatic amines is 1. The number of rotatable bonds is 6. The fraction of sp³-hybridized carbons (Fsp3) is 0.304. The van der Waals surface area contributed by atoms with Gasteiger partial charge < -0.3 is 10.1 Å². The molecule has 0 aliphatic carbocycles. The molecule has 2 aromatic carbocycles. The summed E-state index contributed by atoms with van der Waals surface area (Å²) in [5.74, 6) is -1.75. The molecule has 7 nitrogen and oxygen atoms in total. The van der Waals surface area contributed by atoms with Crippen LogP contribution in [-0.2, 0) is 9.53 Å². The first kappa shape index (κ1) is 26.3. The number of carbonyl (C=O) groups is 1. The molecule has 3 rings (SSSR count). The average Bonchev–Trinajstić information content (AvgIpc) is 2.79. The number of amides is 1. The molecule has 35 heavy (non-hydrogen) atoms. The van der Waals surface area contributed by atoms with Gasteiger partial charge in [0.05, 0.1) is 11.1 Å². The van der Waals surface area contributed by atoms with Gasteiger partial charge in [-0.25, -0.2) is 14.2 Å². The molecule has 186 valence electrons. The molecular formula is C23H21ClF4N4O3. The molecular weight excluding hydrogens is 492 g/mol. The van der Waals surface area contributed by atoms with Gasteiger partial charge in [-0.15, -0.1) is 0 Å². The Balaban J connectivity index is 1.98. The van der Waals surface area contributed by atoms with Gasteiger partial charge >= 0.3 is 11.9 Å². The first-order valence-electron chi connectivity index (χ1n) is 10.2. The van der Waals surface area contributed by atoms with Crippen LogP contribution in [0.3, 0.4) is 0 Å². The highest BCUT2D eigenvalue weighted by molar-refractivity contribution is 6.33. The SMILES string of the molecule is COC(C)(C(=O)NC(C)c1ccc(Cl)c(-c2nc(-c3ccc(F)c(C)c3)nc(=O)[nH]2)c1)C(F)(F)F. The summed E-state index contributed by atoms with van der Waals surface area (Å²) in [6.07, 6.45) is -4.94. The third-order valence-electron chi connectivity index (χ3n) is 5.54. The van der Waals surface area contributed by atoms with Gasteiger partial charge in [-0.2, -0.15) is 18.2 Å². The molecule has 0 saturated carbocycles. The lowest BCUT2D eigenvalue weighted by molar-refractivity contribution is -0.254. The largest absolute Gasteiger partial charge is 0.426 e. The zero-order chi connectivity index (χ0) is 26.1. The topological polar surface area (TPSA) is 97.0 Å². The van der Waals surface area contributed by atoms with Gasteiger partial charge in [0.15, 0.2) is 5.82 Å². The summed E-state index contributed by atoms with van der Waals surface area (Å²) in [6.45, 7) is 3.66. The summed E-state index contributed by atoms with van der Waals surface area (Å²) >= 11 is 6.30. The molecule has 2 atom stereocenters. The van der Waals surface area contributed by atoms with Crippen LogP contribution in [-0.4, -0.2) is 39.7 Å². The minimum absolute atomic E-state index is 0.0238. The van der Waals surface area contributed by atoms with E-state index in [1.165, 1.54) is 43.3 Å². The Kier molecular flexibility index (Phi) is 7.32. The van der Waals surface area contributed by atoms with Crippen molar-refractivity contribution in [1.82, 2.24) is 20.3 Å². The van der Waals surface area contributed by atoms with Crippen LogP contribution < -0.4 is 11.0 Å². The zero-order valence-corrected chi connectivity index (χ0v) is 19.8. The molecule has 0 fully saturated rings. The summed E-state index contributed by atoms with van der Waals surface area (Å²) in [5, 5.41) is 2.47. The van der Waals surface area contributed by atoms with Crippen molar-refractivity contribution in [3.63, 3.8) is 0 Å². The Morgan fingerprint density at radius 3 is 2.46 bits per heavy atom. The molecule has 0 aliphatic rings. The van der Waals surface area contributed by atoms with Crippen LogP contribution in [0.15, 0.2) is 41.2 Å². The molecule has 1 aromatic heterocycles. The number of benzene rings is 2. The van der Waals surface area contributed by atoms with Crippen LogP contribution in [0.2, 0.25) is 5.02 Å². The van der Waals surface area contributed by atoms with Gasteiger partial charge in [0.2, 0.25) is 5.60 Å². The van der Waals surface area contributed by atoms with Crippen molar-refractivity contribution in [3.8, 4) is 22.8 Å². The van der Waals surface area contributed by atoms with Crippen LogP contribution in [0.25, 0.3) is 22.8 Å². The Labute approximate surface area is 202 Å². The van der Waals surface area contributed by atoms with Crippen LogP contribution in [0.5, 0.6) is 0 Å². The number of alkyl halides is 3. The van der Waals surface area contributed by atoms with E-state index in [1.54, 1.807) is 6.92 Å². The highest BCUT2D eigenvalue weighted by Gasteiger charge is 2.57. The molecule has 12 heteroatoms. The average molecular weight is 513 g/mol. The lowest BCUT2D eigenvalue weighted by atomic mass is 10.0. The van der Waals surface area contributed by atoms with Crippen LogP contribution in [0.1, 0.15) is 31.0 Å². The number of H-pyrrole nitrogens is 1. The van der Waals surface area contributed by atoms with Gasteiger partial charge in [-0.3, -0.25) is 9.78 Å². The lowest BCUT2D eigenvalue weighted by Gasteiger charge is -2.30. The maximum absolute atomic E-state index is 13.6. The Bertz CT molecular complexity index is 1330. The number of aryl methyl sites for hydroxylation is 1. The first-order chi connectivity index (χ1) is 16.3. The number of halogens is 5. The van der Waals surface area contributed by atoms with E-state index < -0.39 is 35.2 Å². The summed E-state index contributed by atoms with van der Waals surface area (Å²) < 4.78 is 58.1. The number of ether oxygens (including phenoxy) is 1. The van der Waals surface area contributed by atoms with E-state index in [-0.39, 0.29) is 22.2 Å². The molecule has 0 aliphatic heterocycles. The second kappa shape index (κ2) is 9.74. The van der Waals surface area contributed by atoms with Gasteiger partial charge in [-0.05, 0) is 62.2 Å². The van der Waals surface area contributed by atoms with E-state index in [9.17, 15) is 27.2 Å². The number of nitrogens with one attached hydrogen (secondary N) is 2. The van der Waals surface area contributed by atoms with E-state index in [2.05, 4.69) is 25.0 Å². The third-order valence-corrected chi connectivity index (χ3v) is 5.87. The number of hydrogen-bond donors (Lipinski definition) is 2. The number of carbonyl (C=O) groups excluding carboxylic acids is 1. The van der Waals surface area contributed by atoms with E-state index in [0.717, 1.165) is 7.11 Å². The molecule has 1 amide bonds. The lowest BCUT2D eigenvalue weighted by Crippen LogP contribution is -2.56. The molecule has 0 spiro atoms. The summed E-state index contributed by atoms with van der Waals surface area (Å²) in [6, 6.07) is 7.68. The minimum Gasteiger partial charge on any atom is -0.361 e. The Hall–Kier alpha value is -3.31. The number of hydrogen-bond acceptors (Lipinski definition) is 5.